The molecule has 0 aliphatic heterocycles. The second kappa shape index (κ2) is 9.75. The fraction of sp³-hybridized carbons (Fsp3) is 0.240. The van der Waals surface area contributed by atoms with E-state index in [1.165, 1.54) is 41.5 Å². The molecule has 1 aliphatic carbocycles. The van der Waals surface area contributed by atoms with Crippen LogP contribution in [0.4, 0.5) is 5.69 Å². The van der Waals surface area contributed by atoms with Gasteiger partial charge < -0.3 is 5.32 Å². The Kier molecular flexibility index (Phi) is 6.98. The topological polar surface area (TPSA) is 66.5 Å². The van der Waals surface area contributed by atoms with Crippen molar-refractivity contribution in [2.75, 3.05) is 10.8 Å². The number of hydrogen-bond acceptors (Lipinski definition) is 3. The maximum atomic E-state index is 13.4. The maximum Gasteiger partial charge on any atom is 0.264 e. The predicted octanol–water partition coefficient (Wildman–Crippen LogP) is 5.55. The molecule has 1 amide bonds. The third-order valence-electron chi connectivity index (χ3n) is 5.79. The van der Waals surface area contributed by atoms with Crippen LogP contribution >= 0.6 is 23.2 Å². The first-order chi connectivity index (χ1) is 15.7. The number of hydrogen-bond donors (Lipinski definition) is 1. The van der Waals surface area contributed by atoms with Gasteiger partial charge in [-0.3, -0.25) is 9.10 Å². The van der Waals surface area contributed by atoms with Gasteiger partial charge in [-0.1, -0.05) is 47.5 Å². The second-order valence-corrected chi connectivity index (χ2v) is 10.9. The van der Waals surface area contributed by atoms with Crippen molar-refractivity contribution >= 4 is 44.8 Å². The molecule has 3 aromatic carbocycles. The zero-order valence-corrected chi connectivity index (χ0v) is 20.4. The maximum absolute atomic E-state index is 13.4. The summed E-state index contributed by atoms with van der Waals surface area (Å²) in [5.41, 5.74) is 3.98. The molecule has 4 rings (SSSR count). The van der Waals surface area contributed by atoms with E-state index in [-0.39, 0.29) is 17.5 Å². The largest absolute Gasteiger partial charge is 0.348 e. The first-order valence-corrected chi connectivity index (χ1v) is 12.9. The van der Waals surface area contributed by atoms with Crippen LogP contribution in [0.25, 0.3) is 0 Å². The fourth-order valence-electron chi connectivity index (χ4n) is 4.04. The number of carbonyl (C=O) groups excluding carboxylic acids is 1. The Hall–Kier alpha value is -2.54. The lowest BCUT2D eigenvalue weighted by Crippen LogP contribution is -2.41. The van der Waals surface area contributed by atoms with Gasteiger partial charge in [0.2, 0.25) is 5.91 Å². The summed E-state index contributed by atoms with van der Waals surface area (Å²) in [6, 6.07) is 18.3. The normalized spacial score (nSPS) is 13.9. The summed E-state index contributed by atoms with van der Waals surface area (Å²) in [6.07, 6.45) is 3.29. The van der Waals surface area contributed by atoms with Gasteiger partial charge in [0.15, 0.2) is 0 Å². The Morgan fingerprint density at radius 2 is 1.70 bits per heavy atom. The zero-order valence-electron chi connectivity index (χ0n) is 18.1. The van der Waals surface area contributed by atoms with Crippen molar-refractivity contribution in [1.29, 1.82) is 0 Å². The molecule has 1 atom stereocenters. The molecular weight excluding hydrogens is 479 g/mol. The van der Waals surface area contributed by atoms with Gasteiger partial charge in [-0.25, -0.2) is 8.42 Å². The molecule has 5 nitrogen and oxygen atoms in total. The zero-order chi connectivity index (χ0) is 23.6. The number of nitrogens with one attached hydrogen (secondary N) is 1. The minimum Gasteiger partial charge on any atom is -0.348 e. The summed E-state index contributed by atoms with van der Waals surface area (Å²) >= 11 is 12.0. The van der Waals surface area contributed by atoms with E-state index in [0.717, 1.165) is 29.1 Å². The number of benzene rings is 3. The van der Waals surface area contributed by atoms with Crippen LogP contribution < -0.4 is 9.62 Å². The summed E-state index contributed by atoms with van der Waals surface area (Å²) in [4.78, 5) is 13.0. The molecule has 0 spiro atoms. The van der Waals surface area contributed by atoms with E-state index in [1.54, 1.807) is 18.2 Å². The lowest BCUT2D eigenvalue weighted by atomic mass is 10.0. The molecule has 0 bridgehead atoms. The van der Waals surface area contributed by atoms with E-state index in [4.69, 9.17) is 23.2 Å². The summed E-state index contributed by atoms with van der Waals surface area (Å²) < 4.78 is 27.9. The van der Waals surface area contributed by atoms with Crippen molar-refractivity contribution in [2.45, 2.75) is 37.1 Å². The number of anilines is 1. The van der Waals surface area contributed by atoms with Gasteiger partial charge in [0.25, 0.3) is 10.0 Å². The van der Waals surface area contributed by atoms with Crippen LogP contribution in [0.5, 0.6) is 0 Å². The molecule has 33 heavy (non-hydrogen) atoms. The molecule has 172 valence electrons. The van der Waals surface area contributed by atoms with Crippen LogP contribution in [-0.2, 0) is 27.7 Å². The van der Waals surface area contributed by atoms with Gasteiger partial charge in [-0.2, -0.15) is 0 Å². The monoisotopic (exact) mass is 502 g/mol. The Balaban J connectivity index is 1.58. The van der Waals surface area contributed by atoms with E-state index < -0.39 is 15.9 Å². The summed E-state index contributed by atoms with van der Waals surface area (Å²) in [5.74, 6) is -0.416. The van der Waals surface area contributed by atoms with Crippen LogP contribution in [-0.4, -0.2) is 20.9 Å². The third-order valence-corrected chi connectivity index (χ3v) is 8.06. The van der Waals surface area contributed by atoms with Gasteiger partial charge >= 0.3 is 0 Å². The molecule has 8 heteroatoms. The molecule has 0 fully saturated rings. The van der Waals surface area contributed by atoms with Crippen LogP contribution in [0.3, 0.4) is 0 Å². The first-order valence-electron chi connectivity index (χ1n) is 10.7. The number of nitrogens with zero attached hydrogens (tertiary/aromatic N) is 1. The highest BCUT2D eigenvalue weighted by molar-refractivity contribution is 7.92. The Morgan fingerprint density at radius 3 is 2.42 bits per heavy atom. The van der Waals surface area contributed by atoms with Crippen molar-refractivity contribution < 1.29 is 13.2 Å². The Labute approximate surface area is 204 Å². The minimum absolute atomic E-state index is 0.0337. The number of sulfonamides is 1. The standard InChI is InChI=1S/C25H24Cl2N2O3S/c1-17(19-9-8-18-4-2-5-20(18)14-19)28-25(30)16-29(23-7-3-6-22(27)15-23)33(31,32)24-12-10-21(26)11-13-24/h3,6-15,17H,2,4-5,16H2,1H3,(H,28,30)/t17-/m0/s1. The fourth-order valence-corrected chi connectivity index (χ4v) is 5.77. The van der Waals surface area contributed by atoms with Crippen molar-refractivity contribution in [3.8, 4) is 0 Å². The van der Waals surface area contributed by atoms with Crippen LogP contribution in [0.2, 0.25) is 10.0 Å². The number of aryl methyl sites for hydroxylation is 2. The quantitative estimate of drug-likeness (QED) is 0.460. The van der Waals surface area contributed by atoms with Crippen molar-refractivity contribution in [3.05, 3.63) is 93.5 Å². The van der Waals surface area contributed by atoms with Gasteiger partial charge in [-0.05, 0) is 85.3 Å². The number of fused-ring (bicyclic) bond motifs is 1. The van der Waals surface area contributed by atoms with E-state index in [2.05, 4.69) is 17.4 Å². The summed E-state index contributed by atoms with van der Waals surface area (Å²) in [5, 5.41) is 3.73. The Morgan fingerprint density at radius 1 is 0.970 bits per heavy atom. The van der Waals surface area contributed by atoms with Gasteiger partial charge in [0.05, 0.1) is 16.6 Å². The SMILES string of the molecule is C[C@H](NC(=O)CN(c1cccc(Cl)c1)S(=O)(=O)c1ccc(Cl)cc1)c1ccc2c(c1)CCC2. The predicted molar refractivity (Wildman–Crippen MR) is 132 cm³/mol. The highest BCUT2D eigenvalue weighted by Crippen LogP contribution is 2.28. The van der Waals surface area contributed by atoms with E-state index in [0.29, 0.717) is 15.7 Å². The van der Waals surface area contributed by atoms with Gasteiger partial charge in [0.1, 0.15) is 6.54 Å². The molecule has 1 aliphatic rings. The lowest BCUT2D eigenvalue weighted by Gasteiger charge is -2.25. The van der Waals surface area contributed by atoms with Crippen molar-refractivity contribution in [2.24, 2.45) is 0 Å². The molecule has 1 N–H and O–H groups in total. The average molecular weight is 503 g/mol. The molecule has 0 aromatic heterocycles. The smallest absolute Gasteiger partial charge is 0.264 e. The van der Waals surface area contributed by atoms with Crippen LogP contribution in [0.1, 0.15) is 36.1 Å². The van der Waals surface area contributed by atoms with E-state index in [1.807, 2.05) is 13.0 Å². The first kappa shape index (κ1) is 23.6. The molecule has 0 heterocycles. The van der Waals surface area contributed by atoms with Crippen molar-refractivity contribution in [3.63, 3.8) is 0 Å². The highest BCUT2D eigenvalue weighted by atomic mass is 35.5. The van der Waals surface area contributed by atoms with Gasteiger partial charge in [-0.15, -0.1) is 0 Å². The lowest BCUT2D eigenvalue weighted by molar-refractivity contribution is -0.120. The third kappa shape index (κ3) is 5.35. The summed E-state index contributed by atoms with van der Waals surface area (Å²) in [6.45, 7) is 1.51. The van der Waals surface area contributed by atoms with Crippen molar-refractivity contribution in [1.82, 2.24) is 5.32 Å². The number of carbonyl (C=O) groups is 1. The Bertz CT molecular complexity index is 1280. The van der Waals surface area contributed by atoms with Crippen LogP contribution in [0, 0.1) is 0 Å². The molecule has 0 saturated heterocycles. The second-order valence-electron chi connectivity index (χ2n) is 8.12. The van der Waals surface area contributed by atoms with Crippen LogP contribution in [0.15, 0.2) is 71.6 Å². The van der Waals surface area contributed by atoms with Gasteiger partial charge in [0, 0.05) is 10.0 Å². The minimum atomic E-state index is -4.04. The molecule has 0 radical (unpaired) electrons. The van der Waals surface area contributed by atoms with E-state index >= 15 is 0 Å². The summed E-state index contributed by atoms with van der Waals surface area (Å²) in [7, 11) is -4.04. The number of amides is 1. The van der Waals surface area contributed by atoms with E-state index in [9.17, 15) is 13.2 Å². The number of rotatable bonds is 7. The molecular formula is C25H24Cl2N2O3S. The number of halogens is 2. The highest BCUT2D eigenvalue weighted by Gasteiger charge is 2.28. The molecule has 0 saturated carbocycles. The average Bonchev–Trinajstić information content (AvgIpc) is 3.25. The molecule has 0 unspecified atom stereocenters. The molecule has 3 aromatic rings.